The molecule has 2 aliphatic heterocycles. The van der Waals surface area contributed by atoms with Gasteiger partial charge in [-0.05, 0) is 49.9 Å². The van der Waals surface area contributed by atoms with Crippen molar-refractivity contribution in [1.29, 1.82) is 0 Å². The van der Waals surface area contributed by atoms with Crippen LogP contribution in [-0.4, -0.2) is 53.7 Å². The molecular weight excluding hydrogens is 426 g/mol. The molecule has 1 atom stereocenters. The van der Waals surface area contributed by atoms with Gasteiger partial charge in [0.1, 0.15) is 17.6 Å². The van der Waals surface area contributed by atoms with Gasteiger partial charge in [-0.25, -0.2) is 4.39 Å². The van der Waals surface area contributed by atoms with Crippen LogP contribution in [0.15, 0.2) is 42.6 Å². The van der Waals surface area contributed by atoms with Crippen LogP contribution in [0.5, 0.6) is 0 Å². The molecule has 5 nitrogen and oxygen atoms in total. The van der Waals surface area contributed by atoms with Crippen LogP contribution in [0.4, 0.5) is 23.2 Å². The third kappa shape index (κ3) is 4.78. The smallest absolute Gasteiger partial charge is 0.360 e. The first-order valence-corrected chi connectivity index (χ1v) is 10.7. The predicted octanol–water partition coefficient (Wildman–Crippen LogP) is 4.07. The summed E-state index contributed by atoms with van der Waals surface area (Å²) in [6.45, 7) is 4.13. The summed E-state index contributed by atoms with van der Waals surface area (Å²) in [4.78, 5) is 19.9. The van der Waals surface area contributed by atoms with Gasteiger partial charge in [-0.15, -0.1) is 0 Å². The van der Waals surface area contributed by atoms with Gasteiger partial charge in [0.05, 0.1) is 17.8 Å². The van der Waals surface area contributed by atoms with E-state index in [1.807, 2.05) is 0 Å². The fourth-order valence-corrected chi connectivity index (χ4v) is 4.41. The van der Waals surface area contributed by atoms with E-state index in [0.717, 1.165) is 24.7 Å². The van der Waals surface area contributed by atoms with E-state index in [1.54, 1.807) is 25.1 Å². The van der Waals surface area contributed by atoms with Crippen molar-refractivity contribution in [2.45, 2.75) is 44.1 Å². The number of nitrogens with zero attached hydrogens (tertiary/aromatic N) is 3. The van der Waals surface area contributed by atoms with Crippen molar-refractivity contribution >= 4 is 11.6 Å². The van der Waals surface area contributed by atoms with Crippen LogP contribution in [0.2, 0.25) is 0 Å². The summed E-state index contributed by atoms with van der Waals surface area (Å²) in [5.41, 5.74) is -0.415. The lowest BCUT2D eigenvalue weighted by atomic mass is 9.88. The summed E-state index contributed by atoms with van der Waals surface area (Å²) in [6, 6.07) is 8.71. The molecule has 0 N–H and O–H groups in total. The van der Waals surface area contributed by atoms with Gasteiger partial charge in [0.25, 0.3) is 5.91 Å². The normalized spacial score (nSPS) is 21.8. The third-order valence-electron chi connectivity index (χ3n) is 6.23. The second-order valence-corrected chi connectivity index (χ2v) is 8.46. The molecule has 2 saturated heterocycles. The van der Waals surface area contributed by atoms with E-state index in [2.05, 4.69) is 9.88 Å². The number of hydrogen-bond acceptors (Lipinski definition) is 4. The number of pyridine rings is 1. The van der Waals surface area contributed by atoms with Gasteiger partial charge in [-0.3, -0.25) is 9.78 Å². The number of hydrogen-bond donors (Lipinski definition) is 0. The number of carbonyl (C=O) groups is 1. The maximum Gasteiger partial charge on any atom is 0.433 e. The number of piperidine rings is 1. The van der Waals surface area contributed by atoms with Crippen molar-refractivity contribution < 1.29 is 27.1 Å². The zero-order valence-corrected chi connectivity index (χ0v) is 17.7. The summed E-state index contributed by atoms with van der Waals surface area (Å²) in [6.07, 6.45) is -1.86. The summed E-state index contributed by atoms with van der Waals surface area (Å²) >= 11 is 0. The monoisotopic (exact) mass is 451 g/mol. The van der Waals surface area contributed by atoms with Gasteiger partial charge in [0.2, 0.25) is 0 Å². The molecule has 9 heteroatoms. The molecule has 1 amide bonds. The van der Waals surface area contributed by atoms with E-state index in [0.29, 0.717) is 32.4 Å². The van der Waals surface area contributed by atoms with Crippen molar-refractivity contribution in [2.75, 3.05) is 31.1 Å². The minimum Gasteiger partial charge on any atom is -0.360 e. The van der Waals surface area contributed by atoms with E-state index in [-0.39, 0.29) is 11.6 Å². The molecule has 4 rings (SSSR count). The number of carbonyl (C=O) groups excluding carboxylic acids is 1. The number of amides is 1. The standard InChI is InChI=1S/C23H25F4N3O2/c1-16-21(31)30(19-5-3-2-4-18(19)24)15-22(32-16)9-12-29(13-10-22)11-8-17-6-7-20(28-14-17)23(25,26)27/h2-7,14,16H,8-13,15H2,1H3. The minimum atomic E-state index is -4.44. The Kier molecular flexibility index (Phi) is 6.22. The van der Waals surface area contributed by atoms with E-state index in [9.17, 15) is 22.4 Å². The largest absolute Gasteiger partial charge is 0.433 e. The van der Waals surface area contributed by atoms with Gasteiger partial charge in [-0.1, -0.05) is 18.2 Å². The summed E-state index contributed by atoms with van der Waals surface area (Å²) in [7, 11) is 0. The van der Waals surface area contributed by atoms with Crippen molar-refractivity contribution in [3.63, 3.8) is 0 Å². The first-order valence-electron chi connectivity index (χ1n) is 10.7. The van der Waals surface area contributed by atoms with Crippen molar-refractivity contribution in [1.82, 2.24) is 9.88 Å². The minimum absolute atomic E-state index is 0.252. The van der Waals surface area contributed by atoms with Crippen LogP contribution in [-0.2, 0) is 22.1 Å². The van der Waals surface area contributed by atoms with Gasteiger partial charge in [0.15, 0.2) is 0 Å². The number of benzene rings is 1. The van der Waals surface area contributed by atoms with E-state index in [1.165, 1.54) is 23.2 Å². The number of aromatic nitrogens is 1. The van der Waals surface area contributed by atoms with Gasteiger partial charge in [-0.2, -0.15) is 13.2 Å². The molecule has 2 aliphatic rings. The molecule has 172 valence electrons. The summed E-state index contributed by atoms with van der Waals surface area (Å²) in [5.74, 6) is -0.689. The average molecular weight is 451 g/mol. The van der Waals surface area contributed by atoms with Gasteiger partial charge >= 0.3 is 6.18 Å². The van der Waals surface area contributed by atoms with Crippen LogP contribution < -0.4 is 4.90 Å². The number of alkyl halides is 3. The first kappa shape index (κ1) is 22.7. The Bertz CT molecular complexity index is 956. The Labute approximate surface area is 184 Å². The number of para-hydroxylation sites is 1. The Morgan fingerprint density at radius 2 is 1.88 bits per heavy atom. The second-order valence-electron chi connectivity index (χ2n) is 8.46. The Balaban J connectivity index is 1.36. The molecule has 3 heterocycles. The second kappa shape index (κ2) is 8.78. The first-order chi connectivity index (χ1) is 15.2. The number of halogens is 4. The van der Waals surface area contributed by atoms with E-state index in [4.69, 9.17) is 4.74 Å². The van der Waals surface area contributed by atoms with Crippen molar-refractivity contribution in [3.8, 4) is 0 Å². The molecule has 2 aromatic rings. The highest BCUT2D eigenvalue weighted by Crippen LogP contribution is 2.36. The van der Waals surface area contributed by atoms with Crippen LogP contribution in [0, 0.1) is 5.82 Å². The van der Waals surface area contributed by atoms with Crippen LogP contribution >= 0.6 is 0 Å². The van der Waals surface area contributed by atoms with Crippen LogP contribution in [0.25, 0.3) is 0 Å². The van der Waals surface area contributed by atoms with E-state index >= 15 is 0 Å². The van der Waals surface area contributed by atoms with Crippen LogP contribution in [0.3, 0.4) is 0 Å². The zero-order chi connectivity index (χ0) is 22.9. The lowest BCUT2D eigenvalue weighted by molar-refractivity contribution is -0.161. The fourth-order valence-electron chi connectivity index (χ4n) is 4.41. The molecule has 1 unspecified atom stereocenters. The Hall–Kier alpha value is -2.52. The highest BCUT2D eigenvalue weighted by molar-refractivity contribution is 5.97. The molecule has 0 aliphatic carbocycles. The molecule has 0 saturated carbocycles. The third-order valence-corrected chi connectivity index (χ3v) is 6.23. The number of rotatable bonds is 4. The summed E-state index contributed by atoms with van der Waals surface area (Å²) in [5, 5.41) is 0. The average Bonchev–Trinajstić information content (AvgIpc) is 2.76. The quantitative estimate of drug-likeness (QED) is 0.658. The lowest BCUT2D eigenvalue weighted by Gasteiger charge is -2.49. The SMILES string of the molecule is CC1OC2(CCN(CCc3ccc(C(F)(F)F)nc3)CC2)CN(c2ccccc2F)C1=O. The molecule has 32 heavy (non-hydrogen) atoms. The predicted molar refractivity (Wildman–Crippen MR) is 111 cm³/mol. The van der Waals surface area contributed by atoms with Crippen LogP contribution in [0.1, 0.15) is 31.0 Å². The fraction of sp³-hybridized carbons (Fsp3) is 0.478. The van der Waals surface area contributed by atoms with Gasteiger partial charge in [0, 0.05) is 25.8 Å². The number of anilines is 1. The van der Waals surface area contributed by atoms with Crippen molar-refractivity contribution in [2.24, 2.45) is 0 Å². The summed E-state index contributed by atoms with van der Waals surface area (Å²) < 4.78 is 58.4. The van der Waals surface area contributed by atoms with Gasteiger partial charge < -0.3 is 14.5 Å². The number of morpholine rings is 1. The molecule has 2 fully saturated rings. The maximum atomic E-state index is 14.3. The molecule has 0 bridgehead atoms. The maximum absolute atomic E-state index is 14.3. The topological polar surface area (TPSA) is 45.7 Å². The van der Waals surface area contributed by atoms with E-state index < -0.39 is 29.4 Å². The molecule has 1 aromatic carbocycles. The lowest BCUT2D eigenvalue weighted by Crippen LogP contribution is -2.61. The highest BCUT2D eigenvalue weighted by Gasteiger charge is 2.46. The Morgan fingerprint density at radius 1 is 1.16 bits per heavy atom. The number of likely N-dealkylation sites (tertiary alicyclic amines) is 1. The Morgan fingerprint density at radius 3 is 2.50 bits per heavy atom. The molecule has 1 aromatic heterocycles. The molecule has 0 radical (unpaired) electrons. The number of ether oxygens (including phenoxy) is 1. The highest BCUT2D eigenvalue weighted by atomic mass is 19.4. The van der Waals surface area contributed by atoms with Crippen molar-refractivity contribution in [3.05, 3.63) is 59.7 Å². The zero-order valence-electron chi connectivity index (χ0n) is 17.7. The molecular formula is C23H25F4N3O2. The molecule has 1 spiro atoms.